The van der Waals surface area contributed by atoms with Gasteiger partial charge in [-0.3, -0.25) is 4.79 Å². The third kappa shape index (κ3) is 1.42. The first-order chi connectivity index (χ1) is 6.53. The van der Waals surface area contributed by atoms with Gasteiger partial charge in [-0.2, -0.15) is 0 Å². The Hall–Kier alpha value is -0.630. The van der Waals surface area contributed by atoms with Crippen LogP contribution in [0.2, 0.25) is 0 Å². The van der Waals surface area contributed by atoms with Crippen LogP contribution in [0.15, 0.2) is 11.1 Å². The molecule has 1 fully saturated rings. The van der Waals surface area contributed by atoms with E-state index in [-0.39, 0.29) is 11.5 Å². The maximum absolute atomic E-state index is 11.6. The lowest BCUT2D eigenvalue weighted by molar-refractivity contribution is -0.117. The van der Waals surface area contributed by atoms with E-state index in [0.717, 1.165) is 31.3 Å². The summed E-state index contributed by atoms with van der Waals surface area (Å²) in [4.78, 5) is 11.6. The normalized spacial score (nSPS) is 38.5. The van der Waals surface area contributed by atoms with E-state index in [1.54, 1.807) is 0 Å². The van der Waals surface area contributed by atoms with Gasteiger partial charge in [-0.15, -0.1) is 0 Å². The third-order valence-corrected chi connectivity index (χ3v) is 3.92. The van der Waals surface area contributed by atoms with Crippen LogP contribution >= 0.6 is 0 Å². The first kappa shape index (κ1) is 9.91. The van der Waals surface area contributed by atoms with Crippen molar-refractivity contribution in [3.63, 3.8) is 0 Å². The fourth-order valence-corrected chi connectivity index (χ4v) is 3.00. The smallest absolute Gasteiger partial charge is 0.158 e. The fourth-order valence-electron chi connectivity index (χ4n) is 3.00. The highest BCUT2D eigenvalue weighted by atomic mass is 16.3. The Morgan fingerprint density at radius 2 is 2.14 bits per heavy atom. The van der Waals surface area contributed by atoms with Crippen LogP contribution in [-0.4, -0.2) is 17.0 Å². The molecule has 0 aromatic carbocycles. The summed E-state index contributed by atoms with van der Waals surface area (Å²) in [5.41, 5.74) is 2.40. The molecular weight excluding hydrogens is 176 g/mol. The van der Waals surface area contributed by atoms with Crippen LogP contribution in [0.1, 0.15) is 46.0 Å². The Morgan fingerprint density at radius 1 is 1.43 bits per heavy atom. The molecule has 0 heterocycles. The molecule has 0 saturated heterocycles. The number of rotatable bonds is 0. The second kappa shape index (κ2) is 3.20. The van der Waals surface area contributed by atoms with Crippen molar-refractivity contribution in [2.75, 3.05) is 0 Å². The zero-order chi connectivity index (χ0) is 10.3. The SMILES string of the molecule is CC1=C2CC[C@H](O)C[C@@]2(C)CCC1=O. The molecule has 78 valence electrons. The molecule has 14 heavy (non-hydrogen) atoms. The van der Waals surface area contributed by atoms with Crippen LogP contribution in [0, 0.1) is 5.41 Å². The van der Waals surface area contributed by atoms with Crippen molar-refractivity contribution in [3.05, 3.63) is 11.1 Å². The number of aliphatic hydroxyl groups excluding tert-OH is 1. The van der Waals surface area contributed by atoms with E-state index in [4.69, 9.17) is 0 Å². The zero-order valence-corrected chi connectivity index (χ0v) is 8.97. The minimum Gasteiger partial charge on any atom is -0.393 e. The minimum absolute atomic E-state index is 0.107. The molecule has 0 aromatic heterocycles. The van der Waals surface area contributed by atoms with Crippen LogP contribution in [0.4, 0.5) is 0 Å². The molecular formula is C12H18O2. The molecule has 0 aromatic rings. The number of hydrogen-bond acceptors (Lipinski definition) is 2. The molecule has 2 atom stereocenters. The predicted molar refractivity (Wildman–Crippen MR) is 54.9 cm³/mol. The second-order valence-corrected chi connectivity index (χ2v) is 4.98. The maximum atomic E-state index is 11.6. The second-order valence-electron chi connectivity index (χ2n) is 4.98. The molecule has 0 amide bonds. The van der Waals surface area contributed by atoms with Crippen molar-refractivity contribution >= 4 is 5.78 Å². The van der Waals surface area contributed by atoms with Crippen molar-refractivity contribution in [2.45, 2.75) is 52.1 Å². The van der Waals surface area contributed by atoms with Gasteiger partial charge in [0.2, 0.25) is 0 Å². The van der Waals surface area contributed by atoms with Gasteiger partial charge in [0.05, 0.1) is 6.10 Å². The van der Waals surface area contributed by atoms with E-state index in [9.17, 15) is 9.90 Å². The quantitative estimate of drug-likeness (QED) is 0.642. The maximum Gasteiger partial charge on any atom is 0.158 e. The molecule has 2 aliphatic carbocycles. The van der Waals surface area contributed by atoms with Gasteiger partial charge in [0, 0.05) is 6.42 Å². The van der Waals surface area contributed by atoms with Gasteiger partial charge in [0.25, 0.3) is 0 Å². The lowest BCUT2D eigenvalue weighted by atomic mass is 9.63. The highest BCUT2D eigenvalue weighted by molar-refractivity contribution is 5.96. The van der Waals surface area contributed by atoms with E-state index >= 15 is 0 Å². The molecule has 0 spiro atoms. The largest absolute Gasteiger partial charge is 0.393 e. The summed E-state index contributed by atoms with van der Waals surface area (Å²) < 4.78 is 0. The average molecular weight is 194 g/mol. The molecule has 0 bridgehead atoms. The Labute approximate surface area is 85.0 Å². The van der Waals surface area contributed by atoms with Crippen molar-refractivity contribution in [1.82, 2.24) is 0 Å². The van der Waals surface area contributed by atoms with Crippen LogP contribution in [0.5, 0.6) is 0 Å². The Kier molecular flexibility index (Phi) is 2.26. The van der Waals surface area contributed by atoms with Gasteiger partial charge in [0.15, 0.2) is 5.78 Å². The number of fused-ring (bicyclic) bond motifs is 1. The zero-order valence-electron chi connectivity index (χ0n) is 8.97. The van der Waals surface area contributed by atoms with Crippen molar-refractivity contribution < 1.29 is 9.90 Å². The van der Waals surface area contributed by atoms with Gasteiger partial charge in [-0.05, 0) is 43.6 Å². The molecule has 2 nitrogen and oxygen atoms in total. The molecule has 1 N–H and O–H groups in total. The highest BCUT2D eigenvalue weighted by Crippen LogP contribution is 2.48. The first-order valence-corrected chi connectivity index (χ1v) is 5.44. The number of hydrogen-bond donors (Lipinski definition) is 1. The standard InChI is InChI=1S/C12H18O2/c1-8-10-4-3-9(13)7-12(10,2)6-5-11(8)14/h9,13H,3-7H2,1-2H3/t9-,12+/m0/s1. The number of aliphatic hydroxyl groups is 1. The molecule has 0 unspecified atom stereocenters. The van der Waals surface area contributed by atoms with Gasteiger partial charge >= 0.3 is 0 Å². The summed E-state index contributed by atoms with van der Waals surface area (Å²) in [6, 6.07) is 0. The number of Topliss-reactive ketones (excluding diaryl/α,β-unsaturated/α-hetero) is 1. The predicted octanol–water partition coefficient (Wildman–Crippen LogP) is 2.22. The molecule has 2 rings (SSSR count). The van der Waals surface area contributed by atoms with Crippen molar-refractivity contribution in [3.8, 4) is 0 Å². The average Bonchev–Trinajstić information content (AvgIpc) is 2.12. The molecule has 0 aliphatic heterocycles. The number of carbonyl (C=O) groups is 1. The first-order valence-electron chi connectivity index (χ1n) is 5.44. The molecule has 2 aliphatic rings. The van der Waals surface area contributed by atoms with Crippen LogP contribution in [-0.2, 0) is 4.79 Å². The molecule has 2 heteroatoms. The summed E-state index contributed by atoms with van der Waals surface area (Å²) >= 11 is 0. The highest BCUT2D eigenvalue weighted by Gasteiger charge is 2.40. The van der Waals surface area contributed by atoms with E-state index < -0.39 is 0 Å². The fraction of sp³-hybridized carbons (Fsp3) is 0.750. The van der Waals surface area contributed by atoms with Crippen LogP contribution in [0.3, 0.4) is 0 Å². The van der Waals surface area contributed by atoms with E-state index in [1.807, 2.05) is 6.92 Å². The van der Waals surface area contributed by atoms with Gasteiger partial charge in [-0.1, -0.05) is 12.5 Å². The van der Waals surface area contributed by atoms with E-state index in [1.165, 1.54) is 5.57 Å². The van der Waals surface area contributed by atoms with Crippen molar-refractivity contribution in [2.24, 2.45) is 5.41 Å². The monoisotopic (exact) mass is 194 g/mol. The van der Waals surface area contributed by atoms with E-state index in [0.29, 0.717) is 12.2 Å². The van der Waals surface area contributed by atoms with E-state index in [2.05, 4.69) is 6.92 Å². The number of allylic oxidation sites excluding steroid dienone is 2. The Bertz CT molecular complexity index is 303. The summed E-state index contributed by atoms with van der Waals surface area (Å²) in [7, 11) is 0. The lowest BCUT2D eigenvalue weighted by Crippen LogP contribution is -2.35. The summed E-state index contributed by atoms with van der Waals surface area (Å²) in [6.45, 7) is 4.15. The number of ketones is 1. The third-order valence-electron chi connectivity index (χ3n) is 3.92. The van der Waals surface area contributed by atoms with Gasteiger partial charge < -0.3 is 5.11 Å². The summed E-state index contributed by atoms with van der Waals surface area (Å²) in [5.74, 6) is 0.314. The molecule has 0 radical (unpaired) electrons. The van der Waals surface area contributed by atoms with Crippen LogP contribution in [0.25, 0.3) is 0 Å². The summed E-state index contributed by atoms with van der Waals surface area (Å²) in [6.07, 6.45) is 4.01. The number of carbonyl (C=O) groups excluding carboxylic acids is 1. The van der Waals surface area contributed by atoms with Gasteiger partial charge in [0.1, 0.15) is 0 Å². The minimum atomic E-state index is -0.162. The molecule has 1 saturated carbocycles. The Morgan fingerprint density at radius 3 is 2.86 bits per heavy atom. The van der Waals surface area contributed by atoms with Crippen molar-refractivity contribution in [1.29, 1.82) is 0 Å². The Balaban J connectivity index is 2.37. The van der Waals surface area contributed by atoms with Crippen LogP contribution < -0.4 is 0 Å². The summed E-state index contributed by atoms with van der Waals surface area (Å²) in [5, 5.41) is 9.66. The topological polar surface area (TPSA) is 37.3 Å². The van der Waals surface area contributed by atoms with Gasteiger partial charge in [-0.25, -0.2) is 0 Å². The lowest BCUT2D eigenvalue weighted by Gasteiger charge is -2.42.